The minimum atomic E-state index is -0.627. The molecule has 0 saturated carbocycles. The second-order valence-corrected chi connectivity index (χ2v) is 4.03. The van der Waals surface area contributed by atoms with Gasteiger partial charge in [0.15, 0.2) is 0 Å². The Morgan fingerprint density at radius 2 is 1.76 bits per heavy atom. The average molecular weight is 253 g/mol. The van der Waals surface area contributed by atoms with Crippen molar-refractivity contribution in [2.24, 2.45) is 0 Å². The topological polar surface area (TPSA) is 35.0 Å². The van der Waals surface area contributed by atoms with Crippen molar-refractivity contribution in [3.8, 4) is 11.6 Å². The van der Waals surface area contributed by atoms with Gasteiger partial charge in [0, 0.05) is 5.02 Å². The first-order chi connectivity index (χ1) is 8.06. The Hall–Kier alpha value is -1.68. The third kappa shape index (κ3) is 2.71. The van der Waals surface area contributed by atoms with E-state index in [1.54, 1.807) is 12.1 Å². The Balaban J connectivity index is 2.31. The third-order valence-corrected chi connectivity index (χ3v) is 2.84. The molecule has 0 aliphatic carbocycles. The minimum Gasteiger partial charge on any atom is -0.439 e. The second-order valence-electron chi connectivity index (χ2n) is 3.65. The summed E-state index contributed by atoms with van der Waals surface area (Å²) in [7, 11) is 0. The van der Waals surface area contributed by atoms with E-state index in [0.717, 1.165) is 23.5 Å². The molecule has 0 spiro atoms. The van der Waals surface area contributed by atoms with Crippen LogP contribution in [0.3, 0.4) is 0 Å². The normalized spacial score (nSPS) is 10.4. The van der Waals surface area contributed by atoms with E-state index >= 15 is 0 Å². The zero-order valence-electron chi connectivity index (χ0n) is 9.37. The molecule has 0 unspecified atom stereocenters. The second kappa shape index (κ2) is 4.67. The van der Waals surface area contributed by atoms with Gasteiger partial charge in [-0.2, -0.15) is 4.39 Å². The molecule has 1 heterocycles. The monoisotopic (exact) mass is 252 g/mol. The van der Waals surface area contributed by atoms with E-state index in [2.05, 4.69) is 9.97 Å². The molecule has 3 nitrogen and oxygen atoms in total. The van der Waals surface area contributed by atoms with Crippen molar-refractivity contribution in [1.82, 2.24) is 9.97 Å². The molecule has 5 heteroatoms. The Morgan fingerprint density at radius 1 is 1.12 bits per heavy atom. The molecule has 0 N–H and O–H groups in total. The van der Waals surface area contributed by atoms with Crippen molar-refractivity contribution in [3.05, 3.63) is 46.6 Å². The molecule has 0 bridgehead atoms. The van der Waals surface area contributed by atoms with E-state index in [1.165, 1.54) is 0 Å². The number of rotatable bonds is 2. The lowest BCUT2D eigenvalue weighted by Crippen LogP contribution is -1.92. The highest BCUT2D eigenvalue weighted by atomic mass is 35.5. The van der Waals surface area contributed by atoms with Crippen LogP contribution in [0.2, 0.25) is 5.02 Å². The fraction of sp³-hybridized carbons (Fsp3) is 0.167. The van der Waals surface area contributed by atoms with Crippen LogP contribution in [0.15, 0.2) is 24.5 Å². The summed E-state index contributed by atoms with van der Waals surface area (Å²) in [6.07, 6.45) is 1.11. The van der Waals surface area contributed by atoms with Gasteiger partial charge in [-0.25, -0.2) is 9.97 Å². The van der Waals surface area contributed by atoms with Crippen molar-refractivity contribution >= 4 is 11.6 Å². The molecule has 0 atom stereocenters. The summed E-state index contributed by atoms with van der Waals surface area (Å²) < 4.78 is 18.3. The maximum atomic E-state index is 12.8. The highest BCUT2D eigenvalue weighted by molar-refractivity contribution is 6.32. The van der Waals surface area contributed by atoms with Crippen molar-refractivity contribution in [2.45, 2.75) is 13.8 Å². The smallest absolute Gasteiger partial charge is 0.225 e. The van der Waals surface area contributed by atoms with Gasteiger partial charge in [0.1, 0.15) is 12.1 Å². The summed E-state index contributed by atoms with van der Waals surface area (Å²) in [4.78, 5) is 7.16. The fourth-order valence-corrected chi connectivity index (χ4v) is 1.57. The lowest BCUT2D eigenvalue weighted by Gasteiger charge is -2.08. The Bertz CT molecular complexity index is 537. The zero-order valence-corrected chi connectivity index (χ0v) is 10.1. The molecule has 0 saturated heterocycles. The van der Waals surface area contributed by atoms with Crippen molar-refractivity contribution in [1.29, 1.82) is 0 Å². The molecule has 1 aromatic heterocycles. The number of nitrogens with zero attached hydrogens (tertiary/aromatic N) is 2. The summed E-state index contributed by atoms with van der Waals surface area (Å²) in [6, 6.07) is 4.67. The summed E-state index contributed by atoms with van der Waals surface area (Å²) in [5.74, 6) is 0.110. The van der Waals surface area contributed by atoms with Gasteiger partial charge in [0.05, 0.1) is 6.07 Å². The van der Waals surface area contributed by atoms with Gasteiger partial charge in [-0.15, -0.1) is 0 Å². The molecule has 1 aromatic carbocycles. The van der Waals surface area contributed by atoms with E-state index in [0.29, 0.717) is 10.8 Å². The van der Waals surface area contributed by atoms with Gasteiger partial charge in [-0.1, -0.05) is 11.6 Å². The van der Waals surface area contributed by atoms with Gasteiger partial charge in [0.2, 0.25) is 11.8 Å². The van der Waals surface area contributed by atoms with Crippen LogP contribution in [-0.4, -0.2) is 9.97 Å². The van der Waals surface area contributed by atoms with Gasteiger partial charge in [0.25, 0.3) is 0 Å². The van der Waals surface area contributed by atoms with Gasteiger partial charge >= 0.3 is 0 Å². The van der Waals surface area contributed by atoms with Crippen LogP contribution in [0.25, 0.3) is 0 Å². The van der Waals surface area contributed by atoms with Crippen LogP contribution in [0.1, 0.15) is 11.1 Å². The SMILES string of the molecule is Cc1cc(Oc2cc(F)ncn2)cc(C)c1Cl. The van der Waals surface area contributed by atoms with Crippen molar-refractivity contribution < 1.29 is 9.13 Å². The third-order valence-electron chi connectivity index (χ3n) is 2.24. The number of benzene rings is 1. The van der Waals surface area contributed by atoms with Crippen LogP contribution in [0.5, 0.6) is 11.6 Å². The van der Waals surface area contributed by atoms with Gasteiger partial charge in [-0.3, -0.25) is 0 Å². The van der Waals surface area contributed by atoms with Crippen LogP contribution in [-0.2, 0) is 0 Å². The standard InChI is InChI=1S/C12H10ClFN2O/c1-7-3-9(4-8(2)12(7)13)17-11-5-10(14)15-6-16-11/h3-6H,1-2H3. The van der Waals surface area contributed by atoms with Gasteiger partial charge < -0.3 is 4.74 Å². The molecule has 0 aliphatic heterocycles. The predicted octanol–water partition coefficient (Wildman–Crippen LogP) is 3.68. The molecule has 0 aliphatic rings. The summed E-state index contributed by atoms with van der Waals surface area (Å²) in [5, 5.41) is 0.700. The summed E-state index contributed by atoms with van der Waals surface area (Å²) >= 11 is 6.04. The first kappa shape index (κ1) is 11.8. The highest BCUT2D eigenvalue weighted by Gasteiger charge is 2.06. The number of hydrogen-bond acceptors (Lipinski definition) is 3. The molecular formula is C12H10ClFN2O. The molecule has 0 radical (unpaired) electrons. The Labute approximate surface area is 103 Å². The predicted molar refractivity (Wildman–Crippen MR) is 63.0 cm³/mol. The Morgan fingerprint density at radius 3 is 2.35 bits per heavy atom. The lowest BCUT2D eigenvalue weighted by molar-refractivity contribution is 0.450. The maximum absolute atomic E-state index is 12.8. The molecule has 17 heavy (non-hydrogen) atoms. The minimum absolute atomic E-state index is 0.165. The largest absolute Gasteiger partial charge is 0.439 e. The molecule has 88 valence electrons. The number of hydrogen-bond donors (Lipinski definition) is 0. The lowest BCUT2D eigenvalue weighted by atomic mass is 10.1. The first-order valence-corrected chi connectivity index (χ1v) is 5.36. The van der Waals surface area contributed by atoms with E-state index in [1.807, 2.05) is 13.8 Å². The van der Waals surface area contributed by atoms with Crippen LogP contribution < -0.4 is 4.74 Å². The molecule has 0 fully saturated rings. The number of aromatic nitrogens is 2. The number of ether oxygens (including phenoxy) is 1. The quantitative estimate of drug-likeness (QED) is 0.765. The zero-order chi connectivity index (χ0) is 12.4. The van der Waals surface area contributed by atoms with Crippen LogP contribution >= 0.6 is 11.6 Å². The molecule has 2 rings (SSSR count). The molecule has 0 amide bonds. The highest BCUT2D eigenvalue weighted by Crippen LogP contribution is 2.28. The Kier molecular flexibility index (Phi) is 3.24. The maximum Gasteiger partial charge on any atom is 0.225 e. The van der Waals surface area contributed by atoms with Gasteiger partial charge in [-0.05, 0) is 37.1 Å². The summed E-state index contributed by atoms with van der Waals surface area (Å²) in [5.41, 5.74) is 1.80. The van der Waals surface area contributed by atoms with E-state index < -0.39 is 5.95 Å². The van der Waals surface area contributed by atoms with Crippen molar-refractivity contribution in [2.75, 3.05) is 0 Å². The van der Waals surface area contributed by atoms with Crippen LogP contribution in [0.4, 0.5) is 4.39 Å². The van der Waals surface area contributed by atoms with Crippen LogP contribution in [0, 0.1) is 19.8 Å². The number of halogens is 2. The van der Waals surface area contributed by atoms with E-state index in [-0.39, 0.29) is 5.88 Å². The molecular weight excluding hydrogens is 243 g/mol. The first-order valence-electron chi connectivity index (χ1n) is 4.98. The van der Waals surface area contributed by atoms with E-state index in [4.69, 9.17) is 16.3 Å². The summed E-state index contributed by atoms with van der Waals surface area (Å²) in [6.45, 7) is 3.76. The van der Waals surface area contributed by atoms with Crippen molar-refractivity contribution in [3.63, 3.8) is 0 Å². The fourth-order valence-electron chi connectivity index (χ4n) is 1.46. The number of aryl methyl sites for hydroxylation is 2. The van der Waals surface area contributed by atoms with E-state index in [9.17, 15) is 4.39 Å². The average Bonchev–Trinajstić information content (AvgIpc) is 2.26. The molecule has 2 aromatic rings.